The van der Waals surface area contributed by atoms with Gasteiger partial charge in [0.15, 0.2) is 0 Å². The summed E-state index contributed by atoms with van der Waals surface area (Å²) in [6, 6.07) is 3.38. The molecule has 0 N–H and O–H groups in total. The van der Waals surface area contributed by atoms with Gasteiger partial charge < -0.3 is 9.64 Å². The summed E-state index contributed by atoms with van der Waals surface area (Å²) in [5.41, 5.74) is 0.611. The van der Waals surface area contributed by atoms with E-state index in [0.29, 0.717) is 25.3 Å². The van der Waals surface area contributed by atoms with Gasteiger partial charge in [0, 0.05) is 31.0 Å². The van der Waals surface area contributed by atoms with Crippen molar-refractivity contribution in [2.75, 3.05) is 19.7 Å². The number of halogens is 1. The Bertz CT molecular complexity index is 453. The summed E-state index contributed by atoms with van der Waals surface area (Å²) in [6.07, 6.45) is 4.82. The van der Waals surface area contributed by atoms with Crippen molar-refractivity contribution >= 4 is 24.3 Å². The Labute approximate surface area is 124 Å². The molecule has 0 saturated carbocycles. The second-order valence-corrected chi connectivity index (χ2v) is 4.58. The number of hydrogen-bond acceptors (Lipinski definition) is 4. The molecule has 20 heavy (non-hydrogen) atoms. The lowest BCUT2D eigenvalue weighted by molar-refractivity contribution is -0.149. The minimum absolute atomic E-state index is 0. The predicted molar refractivity (Wildman–Crippen MR) is 76.7 cm³/mol. The van der Waals surface area contributed by atoms with Crippen molar-refractivity contribution in [1.82, 2.24) is 9.88 Å². The van der Waals surface area contributed by atoms with E-state index in [9.17, 15) is 9.59 Å². The molecule has 1 aliphatic rings. The maximum absolute atomic E-state index is 12.3. The first-order chi connectivity index (χ1) is 9.22. The molecule has 0 aromatic carbocycles. The highest BCUT2D eigenvalue weighted by Crippen LogP contribution is 2.19. The molecule has 0 bridgehead atoms. The molecule has 2 rings (SSSR count). The van der Waals surface area contributed by atoms with E-state index in [-0.39, 0.29) is 30.2 Å². The normalized spacial score (nSPS) is 18.1. The molecular weight excluding hydrogens is 280 g/mol. The monoisotopic (exact) mass is 298 g/mol. The molecule has 1 saturated heterocycles. The topological polar surface area (TPSA) is 59.5 Å². The average molecular weight is 299 g/mol. The number of hydrogen-bond donors (Lipinski definition) is 0. The molecule has 0 spiro atoms. The standard InChI is InChI=1S/C14H18N2O3.ClH/c1-2-19-14(18)12-4-3-9-16(10-12)13(17)11-5-7-15-8-6-11;/h5-8,12H,2-4,9-10H2,1H3;1H. The Kier molecular flexibility index (Phi) is 6.45. The van der Waals surface area contributed by atoms with E-state index in [0.717, 1.165) is 12.8 Å². The van der Waals surface area contributed by atoms with Crippen LogP contribution in [0.3, 0.4) is 0 Å². The zero-order valence-corrected chi connectivity index (χ0v) is 12.3. The molecule has 0 radical (unpaired) electrons. The minimum atomic E-state index is -0.199. The fourth-order valence-corrected chi connectivity index (χ4v) is 2.29. The van der Waals surface area contributed by atoms with E-state index in [1.165, 1.54) is 0 Å². The molecule has 1 aromatic heterocycles. The number of carbonyl (C=O) groups is 2. The average Bonchev–Trinajstić information content (AvgIpc) is 2.48. The van der Waals surface area contributed by atoms with Gasteiger partial charge in [-0.15, -0.1) is 12.4 Å². The second kappa shape index (κ2) is 7.85. The van der Waals surface area contributed by atoms with Crippen LogP contribution in [0.5, 0.6) is 0 Å². The molecule has 0 aliphatic carbocycles. The van der Waals surface area contributed by atoms with Gasteiger partial charge in [-0.2, -0.15) is 0 Å². The van der Waals surface area contributed by atoms with Crippen molar-refractivity contribution in [3.8, 4) is 0 Å². The molecule has 2 heterocycles. The number of pyridine rings is 1. The summed E-state index contributed by atoms with van der Waals surface area (Å²) >= 11 is 0. The minimum Gasteiger partial charge on any atom is -0.466 e. The summed E-state index contributed by atoms with van der Waals surface area (Å²) in [6.45, 7) is 3.31. The Morgan fingerprint density at radius 2 is 2.10 bits per heavy atom. The number of rotatable bonds is 3. The lowest BCUT2D eigenvalue weighted by Gasteiger charge is -2.31. The number of aromatic nitrogens is 1. The van der Waals surface area contributed by atoms with E-state index in [2.05, 4.69) is 4.98 Å². The first-order valence-electron chi connectivity index (χ1n) is 6.58. The van der Waals surface area contributed by atoms with Crippen LogP contribution in [0.4, 0.5) is 0 Å². The van der Waals surface area contributed by atoms with Crippen LogP contribution >= 0.6 is 12.4 Å². The number of ether oxygens (including phenoxy) is 1. The van der Waals surface area contributed by atoms with E-state index in [1.807, 2.05) is 0 Å². The number of amides is 1. The molecule has 1 amide bonds. The van der Waals surface area contributed by atoms with Crippen LogP contribution in [-0.2, 0) is 9.53 Å². The zero-order chi connectivity index (χ0) is 13.7. The van der Waals surface area contributed by atoms with Crippen molar-refractivity contribution in [3.05, 3.63) is 30.1 Å². The van der Waals surface area contributed by atoms with Crippen molar-refractivity contribution in [2.45, 2.75) is 19.8 Å². The van der Waals surface area contributed by atoms with Gasteiger partial charge in [0.05, 0.1) is 12.5 Å². The Hall–Kier alpha value is -1.62. The molecule has 6 heteroatoms. The van der Waals surface area contributed by atoms with Crippen LogP contribution < -0.4 is 0 Å². The number of likely N-dealkylation sites (tertiary alicyclic amines) is 1. The maximum atomic E-state index is 12.3. The van der Waals surface area contributed by atoms with E-state index in [4.69, 9.17) is 4.74 Å². The van der Waals surface area contributed by atoms with Gasteiger partial charge in [-0.05, 0) is 31.9 Å². The third-order valence-corrected chi connectivity index (χ3v) is 3.26. The van der Waals surface area contributed by atoms with Gasteiger partial charge in [0.2, 0.25) is 0 Å². The van der Waals surface area contributed by atoms with Crippen molar-refractivity contribution in [3.63, 3.8) is 0 Å². The fourth-order valence-electron chi connectivity index (χ4n) is 2.29. The van der Waals surface area contributed by atoms with Crippen molar-refractivity contribution in [1.29, 1.82) is 0 Å². The Balaban J connectivity index is 0.00000200. The van der Waals surface area contributed by atoms with Crippen molar-refractivity contribution < 1.29 is 14.3 Å². The SMILES string of the molecule is CCOC(=O)C1CCCN(C(=O)c2ccncc2)C1.Cl. The summed E-state index contributed by atoms with van der Waals surface area (Å²) in [5.74, 6) is -0.439. The van der Waals surface area contributed by atoms with Gasteiger partial charge in [-0.1, -0.05) is 0 Å². The van der Waals surface area contributed by atoms with E-state index >= 15 is 0 Å². The van der Waals surface area contributed by atoms with Crippen LogP contribution in [-0.4, -0.2) is 41.5 Å². The highest BCUT2D eigenvalue weighted by atomic mass is 35.5. The third-order valence-electron chi connectivity index (χ3n) is 3.26. The number of esters is 1. The van der Waals surface area contributed by atoms with Crippen LogP contribution in [0, 0.1) is 5.92 Å². The molecule has 110 valence electrons. The van der Waals surface area contributed by atoms with Crippen molar-refractivity contribution in [2.24, 2.45) is 5.92 Å². The van der Waals surface area contributed by atoms with Gasteiger partial charge in [-0.25, -0.2) is 0 Å². The number of piperidine rings is 1. The molecule has 1 unspecified atom stereocenters. The van der Waals surface area contributed by atoms with Gasteiger partial charge >= 0.3 is 5.97 Å². The molecule has 1 atom stereocenters. The molecule has 1 fully saturated rings. The molecule has 5 nitrogen and oxygen atoms in total. The smallest absolute Gasteiger partial charge is 0.310 e. The van der Waals surface area contributed by atoms with E-state index < -0.39 is 0 Å². The lowest BCUT2D eigenvalue weighted by atomic mass is 9.97. The molecular formula is C14H19ClN2O3. The lowest BCUT2D eigenvalue weighted by Crippen LogP contribution is -2.42. The van der Waals surface area contributed by atoms with Gasteiger partial charge in [-0.3, -0.25) is 14.6 Å². The summed E-state index contributed by atoms with van der Waals surface area (Å²) in [7, 11) is 0. The second-order valence-electron chi connectivity index (χ2n) is 4.58. The number of carbonyl (C=O) groups excluding carboxylic acids is 2. The summed E-state index contributed by atoms with van der Waals surface area (Å²) in [5, 5.41) is 0. The van der Waals surface area contributed by atoms with E-state index in [1.54, 1.807) is 36.4 Å². The largest absolute Gasteiger partial charge is 0.466 e. The highest BCUT2D eigenvalue weighted by molar-refractivity contribution is 5.94. The first kappa shape index (κ1) is 16.4. The molecule has 1 aliphatic heterocycles. The maximum Gasteiger partial charge on any atom is 0.310 e. The highest BCUT2D eigenvalue weighted by Gasteiger charge is 2.29. The summed E-state index contributed by atoms with van der Waals surface area (Å²) < 4.78 is 5.03. The van der Waals surface area contributed by atoms with Gasteiger partial charge in [0.1, 0.15) is 0 Å². The Morgan fingerprint density at radius 1 is 1.40 bits per heavy atom. The first-order valence-corrected chi connectivity index (χ1v) is 6.58. The molecule has 1 aromatic rings. The number of nitrogens with zero attached hydrogens (tertiary/aromatic N) is 2. The van der Waals surface area contributed by atoms with Crippen LogP contribution in [0.25, 0.3) is 0 Å². The summed E-state index contributed by atoms with van der Waals surface area (Å²) in [4.78, 5) is 29.6. The quantitative estimate of drug-likeness (QED) is 0.800. The third kappa shape index (κ3) is 3.93. The zero-order valence-electron chi connectivity index (χ0n) is 11.4. The van der Waals surface area contributed by atoms with Crippen LogP contribution in [0.2, 0.25) is 0 Å². The Morgan fingerprint density at radius 3 is 2.75 bits per heavy atom. The van der Waals surface area contributed by atoms with Crippen LogP contribution in [0.15, 0.2) is 24.5 Å². The fraction of sp³-hybridized carbons (Fsp3) is 0.500. The van der Waals surface area contributed by atoms with Gasteiger partial charge in [0.25, 0.3) is 5.91 Å². The predicted octanol–water partition coefficient (Wildman–Crippen LogP) is 1.92. The van der Waals surface area contributed by atoms with Crippen LogP contribution in [0.1, 0.15) is 30.1 Å².